The molecule has 0 saturated carbocycles. The molecule has 2 heterocycles. The lowest BCUT2D eigenvalue weighted by Crippen LogP contribution is -2.43. The van der Waals surface area contributed by atoms with Crippen LogP contribution < -0.4 is 30.9 Å². The van der Waals surface area contributed by atoms with Gasteiger partial charge in [0.1, 0.15) is 23.0 Å². The molecule has 36 heavy (non-hydrogen) atoms. The van der Waals surface area contributed by atoms with Crippen LogP contribution in [0.5, 0.6) is 11.5 Å². The van der Waals surface area contributed by atoms with E-state index in [1.807, 2.05) is 30.3 Å². The van der Waals surface area contributed by atoms with E-state index < -0.39 is 29.7 Å². The molecule has 0 amide bonds. The second-order valence-corrected chi connectivity index (χ2v) is 8.01. The van der Waals surface area contributed by atoms with Gasteiger partial charge in [0, 0.05) is 32.3 Å². The molecule has 192 valence electrons. The van der Waals surface area contributed by atoms with Crippen LogP contribution in [0.1, 0.15) is 18.9 Å². The van der Waals surface area contributed by atoms with E-state index in [0.29, 0.717) is 0 Å². The summed E-state index contributed by atoms with van der Waals surface area (Å²) in [5.74, 6) is -0.149. The topological polar surface area (TPSA) is 98.0 Å². The maximum Gasteiger partial charge on any atom is 0.573 e. The van der Waals surface area contributed by atoms with E-state index >= 15 is 0 Å². The van der Waals surface area contributed by atoms with Crippen LogP contribution in [-0.2, 0) is 19.6 Å². The molecule has 0 saturated heterocycles. The van der Waals surface area contributed by atoms with Crippen LogP contribution in [0.25, 0.3) is 0 Å². The zero-order valence-electron chi connectivity index (χ0n) is 19.4. The summed E-state index contributed by atoms with van der Waals surface area (Å²) in [7, 11) is 0. The van der Waals surface area contributed by atoms with Gasteiger partial charge in [-0.2, -0.15) is 0 Å². The van der Waals surface area contributed by atoms with Gasteiger partial charge in [-0.25, -0.2) is 4.79 Å². The standard InChI is InChI=1S/C24H25F3N4O5/c1-2-29-20-19(21(33)30(23(29)34)12-7-13-32)31(15-16-8-4-3-5-9-16)22(28-20)35-17-10-6-11-18(14-17)36-24(25,26)27/h3-6,8-11,14,22,28,32H,2,7,12-13,15H2,1H3. The largest absolute Gasteiger partial charge is 0.573 e. The lowest BCUT2D eigenvalue weighted by atomic mass is 10.2. The number of rotatable bonds is 9. The normalized spacial score (nSPS) is 14.9. The van der Waals surface area contributed by atoms with Crippen molar-refractivity contribution in [2.45, 2.75) is 45.7 Å². The minimum absolute atomic E-state index is 0.0307. The summed E-state index contributed by atoms with van der Waals surface area (Å²) < 4.78 is 50.5. The number of hydrogen-bond donors (Lipinski definition) is 2. The van der Waals surface area contributed by atoms with Crippen LogP contribution in [0.4, 0.5) is 24.7 Å². The Morgan fingerprint density at radius 3 is 2.42 bits per heavy atom. The van der Waals surface area contributed by atoms with Crippen LogP contribution in [0.3, 0.4) is 0 Å². The van der Waals surface area contributed by atoms with Crippen molar-refractivity contribution in [1.82, 2.24) is 9.13 Å². The third kappa shape index (κ3) is 5.33. The second-order valence-electron chi connectivity index (χ2n) is 8.01. The van der Waals surface area contributed by atoms with Gasteiger partial charge in [-0.15, -0.1) is 13.2 Å². The van der Waals surface area contributed by atoms with E-state index in [-0.39, 0.29) is 49.9 Å². The highest BCUT2D eigenvalue weighted by Crippen LogP contribution is 2.34. The fourth-order valence-corrected chi connectivity index (χ4v) is 4.03. The highest BCUT2D eigenvalue weighted by molar-refractivity contribution is 5.71. The monoisotopic (exact) mass is 506 g/mol. The minimum Gasteiger partial charge on any atom is -0.452 e. The molecule has 12 heteroatoms. The fourth-order valence-electron chi connectivity index (χ4n) is 4.03. The van der Waals surface area contributed by atoms with Crippen molar-refractivity contribution in [2.24, 2.45) is 0 Å². The molecular weight excluding hydrogens is 481 g/mol. The number of nitrogens with zero attached hydrogens (tertiary/aromatic N) is 3. The van der Waals surface area contributed by atoms with Crippen LogP contribution in [0, 0.1) is 0 Å². The molecule has 3 aromatic rings. The zero-order chi connectivity index (χ0) is 25.9. The second kappa shape index (κ2) is 10.4. The number of anilines is 2. The quantitative estimate of drug-likeness (QED) is 0.460. The number of nitrogens with one attached hydrogen (secondary N) is 1. The number of aromatic nitrogens is 2. The Kier molecular flexibility index (Phi) is 7.25. The molecule has 1 aliphatic heterocycles. The van der Waals surface area contributed by atoms with Crippen LogP contribution >= 0.6 is 0 Å². The lowest BCUT2D eigenvalue weighted by molar-refractivity contribution is -0.274. The zero-order valence-corrected chi connectivity index (χ0v) is 19.4. The number of benzene rings is 2. The predicted molar refractivity (Wildman–Crippen MR) is 126 cm³/mol. The number of fused-ring (bicyclic) bond motifs is 1. The van der Waals surface area contributed by atoms with E-state index in [2.05, 4.69) is 10.1 Å². The molecule has 4 rings (SSSR count). The molecule has 1 aliphatic rings. The number of aliphatic hydroxyl groups is 1. The summed E-state index contributed by atoms with van der Waals surface area (Å²) >= 11 is 0. The molecule has 9 nitrogen and oxygen atoms in total. The average Bonchev–Trinajstić information content (AvgIpc) is 3.16. The van der Waals surface area contributed by atoms with E-state index in [9.17, 15) is 27.9 Å². The Labute approximate surface area is 203 Å². The van der Waals surface area contributed by atoms with Crippen molar-refractivity contribution in [2.75, 3.05) is 16.8 Å². The molecular formula is C24H25F3N4O5. The van der Waals surface area contributed by atoms with Gasteiger partial charge in [0.15, 0.2) is 0 Å². The molecule has 1 aromatic heterocycles. The average molecular weight is 506 g/mol. The highest BCUT2D eigenvalue weighted by atomic mass is 19.4. The lowest BCUT2D eigenvalue weighted by Gasteiger charge is -2.26. The van der Waals surface area contributed by atoms with Gasteiger partial charge in [-0.3, -0.25) is 13.9 Å². The van der Waals surface area contributed by atoms with Gasteiger partial charge < -0.3 is 24.8 Å². The van der Waals surface area contributed by atoms with Crippen molar-refractivity contribution >= 4 is 11.5 Å². The Hall–Kier alpha value is -3.93. The molecule has 1 atom stereocenters. The van der Waals surface area contributed by atoms with Gasteiger partial charge in [0.25, 0.3) is 11.9 Å². The number of alkyl halides is 3. The third-order valence-electron chi connectivity index (χ3n) is 5.57. The summed E-state index contributed by atoms with van der Waals surface area (Å²) in [6, 6.07) is 14.3. The summed E-state index contributed by atoms with van der Waals surface area (Å²) in [5, 5.41) is 12.3. The summed E-state index contributed by atoms with van der Waals surface area (Å²) in [6.45, 7) is 2.04. The van der Waals surface area contributed by atoms with Crippen molar-refractivity contribution < 1.29 is 27.8 Å². The van der Waals surface area contributed by atoms with Gasteiger partial charge >= 0.3 is 12.1 Å². The first-order valence-electron chi connectivity index (χ1n) is 11.3. The van der Waals surface area contributed by atoms with Crippen LogP contribution in [0.15, 0.2) is 64.2 Å². The first kappa shape index (κ1) is 25.2. The molecule has 2 aromatic carbocycles. The highest BCUT2D eigenvalue weighted by Gasteiger charge is 2.37. The summed E-state index contributed by atoms with van der Waals surface area (Å²) in [6.07, 6.45) is -5.66. The Morgan fingerprint density at radius 2 is 1.75 bits per heavy atom. The number of ether oxygens (including phenoxy) is 2. The number of hydrogen-bond acceptors (Lipinski definition) is 7. The molecule has 2 N–H and O–H groups in total. The van der Waals surface area contributed by atoms with Gasteiger partial charge in [-0.05, 0) is 31.0 Å². The molecule has 0 aliphatic carbocycles. The molecule has 0 radical (unpaired) electrons. The maximum absolute atomic E-state index is 13.5. The Bertz CT molecular complexity index is 1320. The fraction of sp³-hybridized carbons (Fsp3) is 0.333. The number of aliphatic hydroxyl groups excluding tert-OH is 1. The SMILES string of the molecule is CCn1c2c(c(=O)n(CCCO)c1=O)N(Cc1ccccc1)C(Oc1cccc(OC(F)(F)F)c1)N2. The van der Waals surface area contributed by atoms with Crippen molar-refractivity contribution in [3.05, 3.63) is 81.0 Å². The summed E-state index contributed by atoms with van der Waals surface area (Å²) in [4.78, 5) is 28.1. The van der Waals surface area contributed by atoms with Crippen LogP contribution in [0.2, 0.25) is 0 Å². The Balaban J connectivity index is 1.76. The smallest absolute Gasteiger partial charge is 0.452 e. The van der Waals surface area contributed by atoms with E-state index in [1.54, 1.807) is 11.8 Å². The third-order valence-corrected chi connectivity index (χ3v) is 5.57. The van der Waals surface area contributed by atoms with E-state index in [1.165, 1.54) is 16.7 Å². The molecule has 0 spiro atoms. The Morgan fingerprint density at radius 1 is 1.03 bits per heavy atom. The molecule has 0 bridgehead atoms. The van der Waals surface area contributed by atoms with E-state index in [4.69, 9.17) is 4.74 Å². The maximum atomic E-state index is 13.5. The van der Waals surface area contributed by atoms with Gasteiger partial charge in [0.05, 0.1) is 0 Å². The first-order chi connectivity index (χ1) is 17.2. The van der Waals surface area contributed by atoms with Crippen molar-refractivity contribution in [1.29, 1.82) is 0 Å². The van der Waals surface area contributed by atoms with Gasteiger partial charge in [0.2, 0.25) is 0 Å². The first-order valence-corrected chi connectivity index (χ1v) is 11.3. The minimum atomic E-state index is -4.86. The number of halogens is 3. The van der Waals surface area contributed by atoms with Gasteiger partial charge in [-0.1, -0.05) is 36.4 Å². The van der Waals surface area contributed by atoms with E-state index in [0.717, 1.165) is 22.3 Å². The van der Waals surface area contributed by atoms with Crippen molar-refractivity contribution in [3.63, 3.8) is 0 Å². The molecule has 1 unspecified atom stereocenters. The molecule has 0 fully saturated rings. The predicted octanol–water partition coefficient (Wildman–Crippen LogP) is 3.11. The van der Waals surface area contributed by atoms with Crippen molar-refractivity contribution in [3.8, 4) is 11.5 Å². The van der Waals surface area contributed by atoms with Crippen LogP contribution in [-0.4, -0.2) is 33.6 Å². The summed E-state index contributed by atoms with van der Waals surface area (Å²) in [5.41, 5.74) is -0.0728.